The third-order valence-electron chi connectivity index (χ3n) is 4.08. The first kappa shape index (κ1) is 15.4. The maximum Gasteiger partial charge on any atom is 0.362 e. The van der Waals surface area contributed by atoms with Crippen LogP contribution in [-0.4, -0.2) is 32.6 Å². The van der Waals surface area contributed by atoms with Gasteiger partial charge in [-0.15, -0.1) is 5.10 Å². The number of aromatic carboxylic acids is 1. The van der Waals surface area contributed by atoms with Crippen LogP contribution in [0.15, 0.2) is 18.2 Å². The number of hydrogen-bond acceptors (Lipinski definition) is 4. The molecule has 1 fully saturated rings. The molecule has 122 valence electrons. The predicted octanol–water partition coefficient (Wildman–Crippen LogP) is 2.89. The standard InChI is InChI=1S/C15H15F2N3O3/c16-9-3-6-11(12(17)7-9)8-1-4-10(5-2-8)23-14-13(15(21)22)18-20-19-14/h3,6-8,10H,1-2,4-5H2,(H,21,22)(H,18,19,20)/t8-,10-. The van der Waals surface area contributed by atoms with Crippen LogP contribution in [0.4, 0.5) is 8.78 Å². The monoisotopic (exact) mass is 323 g/mol. The number of aromatic amines is 1. The van der Waals surface area contributed by atoms with Crippen LogP contribution in [0.25, 0.3) is 0 Å². The number of carboxylic acid groups (broad SMARTS) is 1. The smallest absolute Gasteiger partial charge is 0.362 e. The maximum absolute atomic E-state index is 13.8. The summed E-state index contributed by atoms with van der Waals surface area (Å²) in [6.07, 6.45) is 2.45. The fraction of sp³-hybridized carbons (Fsp3) is 0.400. The van der Waals surface area contributed by atoms with Crippen molar-refractivity contribution in [2.45, 2.75) is 37.7 Å². The molecule has 0 saturated heterocycles. The first-order valence-electron chi connectivity index (χ1n) is 7.30. The Hall–Kier alpha value is -2.51. The van der Waals surface area contributed by atoms with Gasteiger partial charge in [-0.3, -0.25) is 0 Å². The molecule has 1 aromatic heterocycles. The van der Waals surface area contributed by atoms with E-state index in [0.717, 1.165) is 6.07 Å². The largest absolute Gasteiger partial charge is 0.476 e. The van der Waals surface area contributed by atoms with Crippen LogP contribution in [0.3, 0.4) is 0 Å². The summed E-state index contributed by atoms with van der Waals surface area (Å²) in [7, 11) is 0. The molecular formula is C15H15F2N3O3. The van der Waals surface area contributed by atoms with E-state index in [1.165, 1.54) is 12.1 Å². The van der Waals surface area contributed by atoms with E-state index in [-0.39, 0.29) is 23.6 Å². The second-order valence-corrected chi connectivity index (χ2v) is 5.55. The minimum Gasteiger partial charge on any atom is -0.476 e. The summed E-state index contributed by atoms with van der Waals surface area (Å²) in [5.41, 5.74) is 0.260. The molecule has 2 aromatic rings. The highest BCUT2D eigenvalue weighted by atomic mass is 19.1. The van der Waals surface area contributed by atoms with Crippen LogP contribution in [0, 0.1) is 11.6 Å². The number of nitrogens with zero attached hydrogens (tertiary/aromatic N) is 2. The molecule has 0 unspecified atom stereocenters. The number of nitrogens with one attached hydrogen (secondary N) is 1. The third-order valence-corrected chi connectivity index (χ3v) is 4.08. The molecule has 0 bridgehead atoms. The topological polar surface area (TPSA) is 88.1 Å². The Balaban J connectivity index is 1.62. The van der Waals surface area contributed by atoms with Gasteiger partial charge >= 0.3 is 5.97 Å². The Morgan fingerprint density at radius 1 is 1.26 bits per heavy atom. The Kier molecular flexibility index (Phi) is 4.22. The Morgan fingerprint density at radius 3 is 2.65 bits per heavy atom. The lowest BCUT2D eigenvalue weighted by Gasteiger charge is -2.28. The summed E-state index contributed by atoms with van der Waals surface area (Å²) in [5, 5.41) is 18.3. The average molecular weight is 323 g/mol. The van der Waals surface area contributed by atoms with E-state index in [0.29, 0.717) is 31.2 Å². The highest BCUT2D eigenvalue weighted by Crippen LogP contribution is 2.35. The molecular weight excluding hydrogens is 308 g/mol. The fourth-order valence-corrected chi connectivity index (χ4v) is 2.93. The average Bonchev–Trinajstić information content (AvgIpc) is 2.97. The molecule has 2 N–H and O–H groups in total. The number of rotatable bonds is 4. The molecule has 0 amide bonds. The summed E-state index contributed by atoms with van der Waals surface area (Å²) in [6, 6.07) is 3.64. The van der Waals surface area contributed by atoms with E-state index in [9.17, 15) is 13.6 Å². The molecule has 8 heteroatoms. The summed E-state index contributed by atoms with van der Waals surface area (Å²) < 4.78 is 32.4. The van der Waals surface area contributed by atoms with Gasteiger partial charge in [0.15, 0.2) is 0 Å². The fourth-order valence-electron chi connectivity index (χ4n) is 2.93. The number of carboxylic acids is 1. The molecule has 1 aliphatic carbocycles. The van der Waals surface area contributed by atoms with Gasteiger partial charge in [0.05, 0.1) is 0 Å². The number of carbonyl (C=O) groups is 1. The number of H-pyrrole nitrogens is 1. The van der Waals surface area contributed by atoms with Gasteiger partial charge in [0.2, 0.25) is 11.6 Å². The van der Waals surface area contributed by atoms with Crippen LogP contribution in [0.2, 0.25) is 0 Å². The van der Waals surface area contributed by atoms with E-state index in [2.05, 4.69) is 15.4 Å². The lowest BCUT2D eigenvalue weighted by Crippen LogP contribution is -2.24. The van der Waals surface area contributed by atoms with Gasteiger partial charge < -0.3 is 9.84 Å². The van der Waals surface area contributed by atoms with Crippen molar-refractivity contribution < 1.29 is 23.4 Å². The van der Waals surface area contributed by atoms with E-state index in [4.69, 9.17) is 9.84 Å². The van der Waals surface area contributed by atoms with Gasteiger partial charge in [-0.1, -0.05) is 11.3 Å². The van der Waals surface area contributed by atoms with E-state index in [1.807, 2.05) is 0 Å². The number of hydrogen-bond donors (Lipinski definition) is 2. The minimum atomic E-state index is -1.21. The maximum atomic E-state index is 13.8. The highest BCUT2D eigenvalue weighted by molar-refractivity contribution is 5.87. The van der Waals surface area contributed by atoms with Crippen molar-refractivity contribution in [3.05, 3.63) is 41.1 Å². The second-order valence-electron chi connectivity index (χ2n) is 5.55. The van der Waals surface area contributed by atoms with Gasteiger partial charge in [0, 0.05) is 6.07 Å². The van der Waals surface area contributed by atoms with Crippen LogP contribution < -0.4 is 4.74 Å². The molecule has 1 heterocycles. The summed E-state index contributed by atoms with van der Waals surface area (Å²) in [6.45, 7) is 0. The zero-order valence-corrected chi connectivity index (χ0v) is 12.1. The lowest BCUT2D eigenvalue weighted by molar-refractivity contribution is 0.0677. The van der Waals surface area contributed by atoms with Crippen LogP contribution in [0.5, 0.6) is 5.88 Å². The van der Waals surface area contributed by atoms with Gasteiger partial charge in [-0.25, -0.2) is 18.7 Å². The molecule has 0 radical (unpaired) electrons. The van der Waals surface area contributed by atoms with Gasteiger partial charge in [0.25, 0.3) is 0 Å². The molecule has 23 heavy (non-hydrogen) atoms. The van der Waals surface area contributed by atoms with Crippen molar-refractivity contribution in [1.29, 1.82) is 0 Å². The van der Waals surface area contributed by atoms with Crippen molar-refractivity contribution in [1.82, 2.24) is 15.4 Å². The summed E-state index contributed by atoms with van der Waals surface area (Å²) in [5.74, 6) is -2.28. The number of benzene rings is 1. The van der Waals surface area contributed by atoms with Gasteiger partial charge in [-0.05, 0) is 43.2 Å². The first-order chi connectivity index (χ1) is 11.0. The van der Waals surface area contributed by atoms with Crippen molar-refractivity contribution in [2.24, 2.45) is 0 Å². The Bertz CT molecular complexity index is 712. The zero-order valence-electron chi connectivity index (χ0n) is 12.1. The Morgan fingerprint density at radius 2 is 2.00 bits per heavy atom. The number of halogens is 2. The molecule has 0 atom stereocenters. The zero-order chi connectivity index (χ0) is 16.4. The quantitative estimate of drug-likeness (QED) is 0.903. The van der Waals surface area contributed by atoms with E-state index < -0.39 is 17.6 Å². The molecule has 6 nitrogen and oxygen atoms in total. The normalized spacial score (nSPS) is 21.1. The molecule has 1 aliphatic rings. The summed E-state index contributed by atoms with van der Waals surface area (Å²) >= 11 is 0. The second kappa shape index (κ2) is 6.31. The number of ether oxygens (including phenoxy) is 1. The van der Waals surface area contributed by atoms with Crippen molar-refractivity contribution >= 4 is 5.97 Å². The van der Waals surface area contributed by atoms with Gasteiger partial charge in [0.1, 0.15) is 17.7 Å². The Labute approximate surface area is 130 Å². The number of aromatic nitrogens is 3. The summed E-state index contributed by atoms with van der Waals surface area (Å²) in [4.78, 5) is 11.0. The van der Waals surface area contributed by atoms with E-state index in [1.54, 1.807) is 0 Å². The van der Waals surface area contributed by atoms with Gasteiger partial charge in [-0.2, -0.15) is 0 Å². The third kappa shape index (κ3) is 3.30. The van der Waals surface area contributed by atoms with Crippen molar-refractivity contribution in [2.75, 3.05) is 0 Å². The van der Waals surface area contributed by atoms with Crippen molar-refractivity contribution in [3.63, 3.8) is 0 Å². The molecule has 0 spiro atoms. The first-order valence-corrected chi connectivity index (χ1v) is 7.30. The van der Waals surface area contributed by atoms with E-state index >= 15 is 0 Å². The van der Waals surface area contributed by atoms with Crippen molar-refractivity contribution in [3.8, 4) is 5.88 Å². The van der Waals surface area contributed by atoms with Crippen LogP contribution in [0.1, 0.15) is 47.7 Å². The van der Waals surface area contributed by atoms with Crippen LogP contribution in [-0.2, 0) is 0 Å². The molecule has 3 rings (SSSR count). The molecule has 0 aliphatic heterocycles. The van der Waals surface area contributed by atoms with Crippen LogP contribution >= 0.6 is 0 Å². The predicted molar refractivity (Wildman–Crippen MR) is 75.3 cm³/mol. The lowest BCUT2D eigenvalue weighted by atomic mass is 9.82. The molecule has 1 saturated carbocycles. The SMILES string of the molecule is O=C(O)c1nn[nH]c1O[C@H]1CC[C@H](c2ccc(F)cc2F)CC1. The molecule has 1 aromatic carbocycles. The highest BCUT2D eigenvalue weighted by Gasteiger charge is 2.27. The minimum absolute atomic E-state index is 0.00860.